The summed E-state index contributed by atoms with van der Waals surface area (Å²) in [5.74, 6) is -1.05. The van der Waals surface area contributed by atoms with Crippen molar-refractivity contribution in [1.29, 1.82) is 0 Å². The van der Waals surface area contributed by atoms with Crippen molar-refractivity contribution in [3.63, 3.8) is 0 Å². The highest BCUT2D eigenvalue weighted by atomic mass is 35.5. The van der Waals surface area contributed by atoms with Gasteiger partial charge in [0.2, 0.25) is 0 Å². The number of alkyl halides is 3. The average molecular weight is 416 g/mol. The monoisotopic (exact) mass is 415 g/mol. The Bertz CT molecular complexity index is 1060. The maximum Gasteiger partial charge on any atom is 0.417 e. The number of carbonyl (C=O) groups is 1. The van der Waals surface area contributed by atoms with Crippen LogP contribution in [0.3, 0.4) is 0 Å². The molecule has 3 aromatic rings. The Morgan fingerprint density at radius 3 is 2.74 bits per heavy atom. The molecule has 0 saturated heterocycles. The Morgan fingerprint density at radius 1 is 1.30 bits per heavy atom. The molecule has 0 radical (unpaired) electrons. The fourth-order valence-corrected chi connectivity index (χ4v) is 3.51. The van der Waals surface area contributed by atoms with E-state index in [9.17, 15) is 18.0 Å². The zero-order valence-corrected chi connectivity index (χ0v) is 15.6. The highest BCUT2D eigenvalue weighted by Crippen LogP contribution is 2.33. The molecule has 0 N–H and O–H groups in total. The number of fused-ring (bicyclic) bond motifs is 1. The van der Waals surface area contributed by atoms with E-state index in [2.05, 4.69) is 19.9 Å². The summed E-state index contributed by atoms with van der Waals surface area (Å²) in [6.45, 7) is 2.52. The van der Waals surface area contributed by atoms with Gasteiger partial charge >= 0.3 is 6.18 Å². The van der Waals surface area contributed by atoms with Crippen molar-refractivity contribution in [3.8, 4) is 0 Å². The first kappa shape index (κ1) is 19.4. The van der Waals surface area contributed by atoms with Gasteiger partial charge in [0.15, 0.2) is 15.3 Å². The third-order valence-electron chi connectivity index (χ3n) is 3.66. The number of aromatic nitrogens is 4. The molecule has 3 rings (SSSR count). The van der Waals surface area contributed by atoms with E-state index in [0.29, 0.717) is 23.1 Å². The molecular formula is C16H13ClF3N5OS. The molecule has 0 unspecified atom stereocenters. The lowest BCUT2D eigenvalue weighted by Crippen LogP contribution is -2.19. The standard InChI is InChI=1S/C16H13ClF3N5OS/c1-2-3-6-25-12-14(22-5-4-21-12)27-15(25)24-13(26)9-8-23-11(17)7-10(9)16(18,19)20/h4-5,7-8H,2-3,6H2,1H3. The van der Waals surface area contributed by atoms with Crippen LogP contribution in [0.2, 0.25) is 5.15 Å². The summed E-state index contributed by atoms with van der Waals surface area (Å²) in [5, 5.41) is -0.354. The van der Waals surface area contributed by atoms with Crippen molar-refractivity contribution >= 4 is 39.3 Å². The molecule has 0 aromatic carbocycles. The van der Waals surface area contributed by atoms with E-state index in [0.717, 1.165) is 30.4 Å². The lowest BCUT2D eigenvalue weighted by molar-refractivity contribution is -0.138. The summed E-state index contributed by atoms with van der Waals surface area (Å²) in [7, 11) is 0. The Labute approximate surface area is 160 Å². The van der Waals surface area contributed by atoms with Crippen LogP contribution in [-0.2, 0) is 12.7 Å². The van der Waals surface area contributed by atoms with Crippen LogP contribution in [0.15, 0.2) is 29.6 Å². The van der Waals surface area contributed by atoms with Gasteiger partial charge in [0.1, 0.15) is 5.15 Å². The number of unbranched alkanes of at least 4 members (excludes halogenated alkanes) is 1. The number of pyridine rings is 1. The number of halogens is 4. The number of amides is 1. The van der Waals surface area contributed by atoms with Crippen molar-refractivity contribution in [2.24, 2.45) is 4.99 Å². The summed E-state index contributed by atoms with van der Waals surface area (Å²) in [6, 6.07) is 0.615. The number of hydrogen-bond acceptors (Lipinski definition) is 5. The van der Waals surface area contributed by atoms with E-state index in [4.69, 9.17) is 11.6 Å². The molecule has 6 nitrogen and oxygen atoms in total. The van der Waals surface area contributed by atoms with Crippen molar-refractivity contribution in [2.45, 2.75) is 32.5 Å². The van der Waals surface area contributed by atoms with Crippen LogP contribution < -0.4 is 4.80 Å². The first-order valence-electron chi connectivity index (χ1n) is 7.93. The van der Waals surface area contributed by atoms with E-state index in [1.807, 2.05) is 6.92 Å². The third-order valence-corrected chi connectivity index (χ3v) is 4.84. The Kier molecular flexibility index (Phi) is 5.56. The van der Waals surface area contributed by atoms with Gasteiger partial charge in [0, 0.05) is 25.1 Å². The topological polar surface area (TPSA) is 73.0 Å². The predicted octanol–water partition coefficient (Wildman–Crippen LogP) is 4.10. The first-order valence-corrected chi connectivity index (χ1v) is 9.13. The van der Waals surface area contributed by atoms with E-state index < -0.39 is 23.2 Å². The van der Waals surface area contributed by atoms with Crippen LogP contribution in [0.5, 0.6) is 0 Å². The van der Waals surface area contributed by atoms with Crippen LogP contribution in [0.4, 0.5) is 13.2 Å². The van der Waals surface area contributed by atoms with Crippen LogP contribution in [0.25, 0.3) is 10.5 Å². The summed E-state index contributed by atoms with van der Waals surface area (Å²) < 4.78 is 41.4. The lowest BCUT2D eigenvalue weighted by atomic mass is 10.1. The second-order valence-corrected chi connectivity index (χ2v) is 6.89. The zero-order valence-electron chi connectivity index (χ0n) is 14.0. The molecule has 11 heteroatoms. The molecular weight excluding hydrogens is 403 g/mol. The Hall–Kier alpha value is -2.33. The highest BCUT2D eigenvalue weighted by molar-refractivity contribution is 7.15. The van der Waals surface area contributed by atoms with Crippen LogP contribution in [0, 0.1) is 0 Å². The van der Waals surface area contributed by atoms with Gasteiger partial charge in [-0.3, -0.25) is 9.36 Å². The molecule has 3 heterocycles. The number of rotatable bonds is 4. The first-order chi connectivity index (χ1) is 12.8. The smallest absolute Gasteiger partial charge is 0.300 e. The average Bonchev–Trinajstić information content (AvgIpc) is 2.96. The fraction of sp³-hybridized carbons (Fsp3) is 0.312. The van der Waals surface area contributed by atoms with E-state index in [1.165, 1.54) is 12.4 Å². The molecule has 0 bridgehead atoms. The van der Waals surface area contributed by atoms with Crippen LogP contribution in [0.1, 0.15) is 35.7 Å². The zero-order chi connectivity index (χ0) is 19.6. The molecule has 0 aliphatic carbocycles. The highest BCUT2D eigenvalue weighted by Gasteiger charge is 2.36. The SMILES string of the molecule is CCCCn1c(=NC(=O)c2cnc(Cl)cc2C(F)(F)F)sc2nccnc21. The quantitative estimate of drug-likeness (QED) is 0.601. The van der Waals surface area contributed by atoms with E-state index in [-0.39, 0.29) is 9.95 Å². The summed E-state index contributed by atoms with van der Waals surface area (Å²) in [4.78, 5) is 29.2. The largest absolute Gasteiger partial charge is 0.417 e. The summed E-state index contributed by atoms with van der Waals surface area (Å²) >= 11 is 6.64. The van der Waals surface area contributed by atoms with Gasteiger partial charge in [-0.2, -0.15) is 18.2 Å². The maximum atomic E-state index is 13.2. The van der Waals surface area contributed by atoms with Gasteiger partial charge in [-0.1, -0.05) is 36.3 Å². The maximum absolute atomic E-state index is 13.2. The molecule has 1 amide bonds. The van der Waals surface area contributed by atoms with Crippen LogP contribution in [-0.4, -0.2) is 25.4 Å². The fourth-order valence-electron chi connectivity index (χ4n) is 2.39. The number of carbonyl (C=O) groups excluding carboxylic acids is 1. The lowest BCUT2D eigenvalue weighted by Gasteiger charge is -2.10. The van der Waals surface area contributed by atoms with Gasteiger partial charge in [0.25, 0.3) is 5.91 Å². The van der Waals surface area contributed by atoms with E-state index in [1.54, 1.807) is 4.57 Å². The normalized spacial score (nSPS) is 12.7. The molecule has 0 aliphatic heterocycles. The molecule has 0 atom stereocenters. The number of thiazole rings is 1. The number of nitrogens with zero attached hydrogens (tertiary/aromatic N) is 5. The Balaban J connectivity index is 2.14. The van der Waals surface area contributed by atoms with Gasteiger partial charge in [0.05, 0.1) is 11.1 Å². The minimum atomic E-state index is -4.76. The molecule has 0 saturated carbocycles. The summed E-state index contributed by atoms with van der Waals surface area (Å²) in [5.41, 5.74) is -1.30. The van der Waals surface area contributed by atoms with Crippen molar-refractivity contribution in [2.75, 3.05) is 0 Å². The molecule has 3 aromatic heterocycles. The second kappa shape index (κ2) is 7.73. The van der Waals surface area contributed by atoms with Gasteiger partial charge < -0.3 is 0 Å². The minimum absolute atomic E-state index is 0.234. The Morgan fingerprint density at radius 2 is 2.04 bits per heavy atom. The molecule has 27 heavy (non-hydrogen) atoms. The van der Waals surface area contributed by atoms with Crippen molar-refractivity contribution in [1.82, 2.24) is 19.5 Å². The van der Waals surface area contributed by atoms with Gasteiger partial charge in [-0.25, -0.2) is 15.0 Å². The minimum Gasteiger partial charge on any atom is -0.300 e. The predicted molar refractivity (Wildman–Crippen MR) is 94.5 cm³/mol. The van der Waals surface area contributed by atoms with Crippen molar-refractivity contribution in [3.05, 3.63) is 45.7 Å². The van der Waals surface area contributed by atoms with Crippen LogP contribution >= 0.6 is 22.9 Å². The van der Waals surface area contributed by atoms with Gasteiger partial charge in [-0.15, -0.1) is 0 Å². The van der Waals surface area contributed by atoms with E-state index >= 15 is 0 Å². The number of aryl methyl sites for hydroxylation is 1. The second-order valence-electron chi connectivity index (χ2n) is 5.54. The molecule has 142 valence electrons. The molecule has 0 fully saturated rings. The number of hydrogen-bond donors (Lipinski definition) is 0. The molecule has 0 aliphatic rings. The third kappa shape index (κ3) is 4.16. The molecule has 0 spiro atoms. The van der Waals surface area contributed by atoms with Crippen molar-refractivity contribution < 1.29 is 18.0 Å². The summed E-state index contributed by atoms with van der Waals surface area (Å²) in [6.07, 6.45) is 0.719. The van der Waals surface area contributed by atoms with Gasteiger partial charge in [-0.05, 0) is 12.5 Å².